The summed E-state index contributed by atoms with van der Waals surface area (Å²) in [5.41, 5.74) is 0. The lowest BCUT2D eigenvalue weighted by molar-refractivity contribution is -0.141. The number of esters is 1. The number of carbonyl (C=O) groups excluding carboxylic acids is 2. The topological polar surface area (TPSA) is 43.4 Å². The first-order valence-electron chi connectivity index (χ1n) is 3.76. The van der Waals surface area contributed by atoms with Gasteiger partial charge >= 0.3 is 5.97 Å². The summed E-state index contributed by atoms with van der Waals surface area (Å²) in [7, 11) is 1.37. The first-order chi connectivity index (χ1) is 5.56. The molecule has 0 aliphatic rings. The Hall–Kier alpha value is -0.510. The van der Waals surface area contributed by atoms with E-state index in [2.05, 4.69) is 4.74 Å². The van der Waals surface area contributed by atoms with E-state index >= 15 is 0 Å². The summed E-state index contributed by atoms with van der Waals surface area (Å²) in [4.78, 5) is 21.3. The largest absolute Gasteiger partial charge is 0.469 e. The minimum atomic E-state index is -0.216. The van der Waals surface area contributed by atoms with Gasteiger partial charge in [-0.25, -0.2) is 0 Å². The molecule has 0 heterocycles. The predicted molar refractivity (Wildman–Crippen MR) is 48.9 cm³/mol. The Morgan fingerprint density at radius 2 is 2.08 bits per heavy atom. The molecule has 0 fully saturated rings. The Bertz CT molecular complexity index is 168. The summed E-state index contributed by atoms with van der Waals surface area (Å²) >= 11 is 1.25. The second-order valence-electron chi connectivity index (χ2n) is 2.69. The fourth-order valence-electron chi connectivity index (χ4n) is 0.686. The number of hydrogen-bond acceptors (Lipinski definition) is 4. The molecule has 0 bridgehead atoms. The Balaban J connectivity index is 3.52. The highest BCUT2D eigenvalue weighted by Gasteiger charge is 2.09. The van der Waals surface area contributed by atoms with Crippen molar-refractivity contribution >= 4 is 22.8 Å². The number of ether oxygens (including phenoxy) is 1. The lowest BCUT2D eigenvalue weighted by atomic mass is 10.1. The smallest absolute Gasteiger partial charge is 0.305 e. The van der Waals surface area contributed by atoms with Crippen LogP contribution < -0.4 is 0 Å². The molecule has 0 unspecified atom stereocenters. The van der Waals surface area contributed by atoms with Crippen LogP contribution in [0, 0.1) is 5.92 Å². The SMILES string of the molecule is COC(=O)C[C@H](C)CSC(C)=O. The third kappa shape index (κ3) is 6.22. The second-order valence-corrected chi connectivity index (χ2v) is 3.88. The normalized spacial score (nSPS) is 12.2. The van der Waals surface area contributed by atoms with Crippen LogP contribution in [0.2, 0.25) is 0 Å². The Morgan fingerprint density at radius 3 is 2.50 bits per heavy atom. The Morgan fingerprint density at radius 1 is 1.50 bits per heavy atom. The van der Waals surface area contributed by atoms with Crippen LogP contribution in [0.5, 0.6) is 0 Å². The van der Waals surface area contributed by atoms with Gasteiger partial charge in [0.1, 0.15) is 0 Å². The van der Waals surface area contributed by atoms with Crippen LogP contribution in [0.1, 0.15) is 20.3 Å². The molecule has 0 radical (unpaired) electrons. The van der Waals surface area contributed by atoms with Crippen molar-refractivity contribution in [2.24, 2.45) is 5.92 Å². The zero-order chi connectivity index (χ0) is 9.56. The van der Waals surface area contributed by atoms with Crippen molar-refractivity contribution in [1.29, 1.82) is 0 Å². The standard InChI is InChI=1S/C8H14O3S/c1-6(4-8(10)11-3)5-12-7(2)9/h6H,4-5H2,1-3H3/t6-/m0/s1. The molecule has 0 aliphatic carbocycles. The molecule has 0 rings (SSSR count). The molecule has 3 nitrogen and oxygen atoms in total. The molecule has 0 saturated carbocycles. The van der Waals surface area contributed by atoms with Crippen molar-refractivity contribution in [3.8, 4) is 0 Å². The predicted octanol–water partition coefficient (Wildman–Crippen LogP) is 1.47. The van der Waals surface area contributed by atoms with E-state index in [4.69, 9.17) is 0 Å². The molecule has 0 aromatic heterocycles. The van der Waals surface area contributed by atoms with Crippen molar-refractivity contribution < 1.29 is 14.3 Å². The van der Waals surface area contributed by atoms with E-state index in [9.17, 15) is 9.59 Å². The van der Waals surface area contributed by atoms with Gasteiger partial charge in [-0.3, -0.25) is 9.59 Å². The van der Waals surface area contributed by atoms with Gasteiger partial charge < -0.3 is 4.74 Å². The van der Waals surface area contributed by atoms with Gasteiger partial charge in [-0.15, -0.1) is 0 Å². The van der Waals surface area contributed by atoms with Crippen molar-refractivity contribution in [1.82, 2.24) is 0 Å². The van der Waals surface area contributed by atoms with Crippen LogP contribution in [-0.4, -0.2) is 23.9 Å². The van der Waals surface area contributed by atoms with Crippen LogP contribution in [-0.2, 0) is 14.3 Å². The van der Waals surface area contributed by atoms with Crippen LogP contribution in [0.15, 0.2) is 0 Å². The molecule has 12 heavy (non-hydrogen) atoms. The number of carbonyl (C=O) groups is 2. The fraction of sp³-hybridized carbons (Fsp3) is 0.750. The second kappa shape index (κ2) is 6.06. The van der Waals surface area contributed by atoms with E-state index in [0.29, 0.717) is 12.2 Å². The number of rotatable bonds is 4. The summed E-state index contributed by atoms with van der Waals surface area (Å²) in [6.45, 7) is 3.45. The van der Waals surface area contributed by atoms with E-state index in [1.807, 2.05) is 6.92 Å². The number of methoxy groups -OCH3 is 1. The monoisotopic (exact) mass is 190 g/mol. The van der Waals surface area contributed by atoms with Gasteiger partial charge in [0.15, 0.2) is 5.12 Å². The highest BCUT2D eigenvalue weighted by molar-refractivity contribution is 8.13. The van der Waals surface area contributed by atoms with Crippen LogP contribution in [0.4, 0.5) is 0 Å². The molecule has 0 saturated heterocycles. The van der Waals surface area contributed by atoms with Gasteiger partial charge in [-0.05, 0) is 5.92 Å². The summed E-state index contributed by atoms with van der Waals surface area (Å²) in [6, 6.07) is 0. The fourth-order valence-corrected chi connectivity index (χ4v) is 1.32. The van der Waals surface area contributed by atoms with Crippen LogP contribution in [0.3, 0.4) is 0 Å². The molecular formula is C8H14O3S. The van der Waals surface area contributed by atoms with Gasteiger partial charge in [-0.2, -0.15) is 0 Å². The summed E-state index contributed by atoms with van der Waals surface area (Å²) < 4.78 is 4.49. The first kappa shape index (κ1) is 11.5. The minimum absolute atomic E-state index is 0.0896. The highest BCUT2D eigenvalue weighted by Crippen LogP contribution is 2.12. The van der Waals surface area contributed by atoms with E-state index in [1.54, 1.807) is 0 Å². The van der Waals surface area contributed by atoms with E-state index < -0.39 is 0 Å². The van der Waals surface area contributed by atoms with Gasteiger partial charge in [0.2, 0.25) is 0 Å². The van der Waals surface area contributed by atoms with E-state index in [1.165, 1.54) is 25.8 Å². The molecule has 0 aliphatic heterocycles. The van der Waals surface area contributed by atoms with Crippen molar-refractivity contribution in [2.45, 2.75) is 20.3 Å². The molecular weight excluding hydrogens is 176 g/mol. The summed E-state index contributed by atoms with van der Waals surface area (Å²) in [5, 5.41) is 0.0896. The third-order valence-electron chi connectivity index (χ3n) is 1.31. The first-order valence-corrected chi connectivity index (χ1v) is 4.75. The molecule has 0 N–H and O–H groups in total. The molecule has 4 heteroatoms. The average molecular weight is 190 g/mol. The molecule has 0 aromatic carbocycles. The third-order valence-corrected chi connectivity index (χ3v) is 2.46. The van der Waals surface area contributed by atoms with Crippen molar-refractivity contribution in [3.63, 3.8) is 0 Å². The quantitative estimate of drug-likeness (QED) is 0.629. The molecule has 0 amide bonds. The zero-order valence-electron chi connectivity index (χ0n) is 7.62. The van der Waals surface area contributed by atoms with E-state index in [-0.39, 0.29) is 17.0 Å². The van der Waals surface area contributed by atoms with Gasteiger partial charge in [0.25, 0.3) is 0 Å². The van der Waals surface area contributed by atoms with Gasteiger partial charge in [-0.1, -0.05) is 18.7 Å². The Kier molecular flexibility index (Phi) is 5.80. The maximum absolute atomic E-state index is 10.8. The molecule has 0 aromatic rings. The van der Waals surface area contributed by atoms with Crippen molar-refractivity contribution in [3.05, 3.63) is 0 Å². The summed E-state index contributed by atoms with van der Waals surface area (Å²) in [6.07, 6.45) is 0.386. The molecule has 0 spiro atoms. The maximum atomic E-state index is 10.8. The lowest BCUT2D eigenvalue weighted by Crippen LogP contribution is -2.09. The minimum Gasteiger partial charge on any atom is -0.469 e. The molecule has 1 atom stereocenters. The lowest BCUT2D eigenvalue weighted by Gasteiger charge is -2.06. The number of hydrogen-bond donors (Lipinski definition) is 0. The summed E-state index contributed by atoms with van der Waals surface area (Å²) in [5.74, 6) is 0.669. The van der Waals surface area contributed by atoms with Gasteiger partial charge in [0.05, 0.1) is 7.11 Å². The highest BCUT2D eigenvalue weighted by atomic mass is 32.2. The number of thioether (sulfide) groups is 1. The average Bonchev–Trinajstić information content (AvgIpc) is 2.00. The maximum Gasteiger partial charge on any atom is 0.305 e. The van der Waals surface area contributed by atoms with Gasteiger partial charge in [0, 0.05) is 19.1 Å². The van der Waals surface area contributed by atoms with Crippen LogP contribution >= 0.6 is 11.8 Å². The van der Waals surface area contributed by atoms with E-state index in [0.717, 1.165) is 0 Å². The zero-order valence-corrected chi connectivity index (χ0v) is 8.44. The van der Waals surface area contributed by atoms with Crippen molar-refractivity contribution in [2.75, 3.05) is 12.9 Å². The Labute approximate surface area is 76.9 Å². The van der Waals surface area contributed by atoms with Crippen LogP contribution in [0.25, 0.3) is 0 Å². The molecule has 70 valence electrons.